The number of hydrogen-bond acceptors (Lipinski definition) is 4. The van der Waals surface area contributed by atoms with E-state index in [9.17, 15) is 4.79 Å². The van der Waals surface area contributed by atoms with E-state index in [0.29, 0.717) is 6.54 Å². The third-order valence-electron chi connectivity index (χ3n) is 2.59. The normalized spacial score (nSPS) is 10.7. The van der Waals surface area contributed by atoms with Crippen LogP contribution in [-0.4, -0.2) is 18.7 Å². The van der Waals surface area contributed by atoms with Gasteiger partial charge in [-0.15, -0.1) is 11.3 Å². The van der Waals surface area contributed by atoms with Gasteiger partial charge in [0.2, 0.25) is 0 Å². The second kappa shape index (κ2) is 7.45. The Hall–Kier alpha value is -2.14. The molecule has 4 nitrogen and oxygen atoms in total. The predicted molar refractivity (Wildman–Crippen MR) is 80.9 cm³/mol. The van der Waals surface area contributed by atoms with Crippen molar-refractivity contribution >= 4 is 23.5 Å². The van der Waals surface area contributed by atoms with Gasteiger partial charge >= 0.3 is 0 Å². The van der Waals surface area contributed by atoms with Crippen molar-refractivity contribution in [3.05, 3.63) is 57.8 Å². The van der Waals surface area contributed by atoms with Gasteiger partial charge in [0.05, 0.1) is 12.8 Å². The molecule has 2 aromatic rings. The van der Waals surface area contributed by atoms with Crippen LogP contribution in [0.4, 0.5) is 0 Å². The smallest absolute Gasteiger partial charge is 0.261 e. The Kier molecular flexibility index (Phi) is 5.32. The van der Waals surface area contributed by atoms with Crippen LogP contribution in [0.3, 0.4) is 0 Å². The molecule has 1 aromatic carbocycles. The first-order chi connectivity index (χ1) is 9.74. The predicted octanol–water partition coefficient (Wildman–Crippen LogP) is 2.72. The van der Waals surface area contributed by atoms with Gasteiger partial charge in [0, 0.05) is 4.88 Å². The molecule has 1 aromatic heterocycles. The summed E-state index contributed by atoms with van der Waals surface area (Å²) in [6, 6.07) is 11.8. The number of hydrogen-bond donors (Lipinski definition) is 1. The Bertz CT molecular complexity index is 562. The molecule has 0 unspecified atom stereocenters. The van der Waals surface area contributed by atoms with E-state index in [-0.39, 0.29) is 12.5 Å². The molecule has 0 saturated heterocycles. The van der Waals surface area contributed by atoms with Crippen molar-refractivity contribution in [2.75, 3.05) is 6.61 Å². The monoisotopic (exact) mass is 288 g/mol. The summed E-state index contributed by atoms with van der Waals surface area (Å²) in [5, 5.41) is 8.51. The van der Waals surface area contributed by atoms with Crippen LogP contribution >= 0.6 is 11.3 Å². The second-order valence-corrected chi connectivity index (χ2v) is 5.31. The number of thiophene rings is 1. The molecular formula is C15H16N2O2S. The number of rotatable bonds is 6. The molecule has 5 heteroatoms. The van der Waals surface area contributed by atoms with Crippen molar-refractivity contribution in [1.29, 1.82) is 0 Å². The van der Waals surface area contributed by atoms with Crippen LogP contribution < -0.4 is 5.32 Å². The van der Waals surface area contributed by atoms with Crippen molar-refractivity contribution < 1.29 is 9.63 Å². The number of benzene rings is 1. The van der Waals surface area contributed by atoms with Crippen LogP contribution in [0.2, 0.25) is 0 Å². The topological polar surface area (TPSA) is 50.7 Å². The lowest BCUT2D eigenvalue weighted by Gasteiger charge is -2.02. The van der Waals surface area contributed by atoms with Gasteiger partial charge in [0.1, 0.15) is 0 Å². The molecule has 0 radical (unpaired) electrons. The summed E-state index contributed by atoms with van der Waals surface area (Å²) in [5.74, 6) is -0.181. The first kappa shape index (κ1) is 14.3. The summed E-state index contributed by atoms with van der Waals surface area (Å²) in [5.41, 5.74) is 2.13. The van der Waals surface area contributed by atoms with E-state index in [0.717, 1.165) is 10.4 Å². The lowest BCUT2D eigenvalue weighted by Crippen LogP contribution is -2.26. The molecular weight excluding hydrogens is 272 g/mol. The standard InChI is InChI=1S/C15H16N2O2S/c1-12-4-6-13(7-5-12)9-17-19-11-15(18)16-10-14-3-2-8-20-14/h2-9H,10-11H2,1H3,(H,16,18)/b17-9-. The minimum absolute atomic E-state index is 0.0757. The third kappa shape index (κ3) is 4.85. The summed E-state index contributed by atoms with van der Waals surface area (Å²) in [7, 11) is 0. The van der Waals surface area contributed by atoms with Crippen molar-refractivity contribution in [3.63, 3.8) is 0 Å². The summed E-state index contributed by atoms with van der Waals surface area (Å²) in [6.07, 6.45) is 1.59. The van der Waals surface area contributed by atoms with Crippen LogP contribution in [0.5, 0.6) is 0 Å². The molecule has 0 atom stereocenters. The fraction of sp³-hybridized carbons (Fsp3) is 0.200. The van der Waals surface area contributed by atoms with Gasteiger partial charge in [-0.1, -0.05) is 41.1 Å². The Morgan fingerprint density at radius 3 is 2.85 bits per heavy atom. The largest absolute Gasteiger partial charge is 0.386 e. The molecule has 0 bridgehead atoms. The fourth-order valence-corrected chi connectivity index (χ4v) is 2.14. The maximum Gasteiger partial charge on any atom is 0.261 e. The van der Waals surface area contributed by atoms with E-state index >= 15 is 0 Å². The van der Waals surface area contributed by atoms with Crippen LogP contribution in [0.25, 0.3) is 0 Å². The van der Waals surface area contributed by atoms with E-state index in [2.05, 4.69) is 10.5 Å². The number of amides is 1. The summed E-state index contributed by atoms with van der Waals surface area (Å²) in [6.45, 7) is 2.48. The van der Waals surface area contributed by atoms with Gasteiger partial charge in [0.25, 0.3) is 5.91 Å². The number of carbonyl (C=O) groups excluding carboxylic acids is 1. The highest BCUT2D eigenvalue weighted by Crippen LogP contribution is 2.07. The highest BCUT2D eigenvalue weighted by atomic mass is 32.1. The van der Waals surface area contributed by atoms with Gasteiger partial charge in [0.15, 0.2) is 6.61 Å². The van der Waals surface area contributed by atoms with E-state index in [1.165, 1.54) is 5.56 Å². The Balaban J connectivity index is 1.67. The Labute approximate surface area is 122 Å². The molecule has 0 aliphatic rings. The van der Waals surface area contributed by atoms with Crippen LogP contribution in [0.15, 0.2) is 46.9 Å². The quantitative estimate of drug-likeness (QED) is 0.656. The first-order valence-electron chi connectivity index (χ1n) is 6.25. The number of aryl methyl sites for hydroxylation is 1. The zero-order chi connectivity index (χ0) is 14.2. The summed E-state index contributed by atoms with van der Waals surface area (Å²) < 4.78 is 0. The van der Waals surface area contributed by atoms with Gasteiger partial charge in [-0.25, -0.2) is 0 Å². The lowest BCUT2D eigenvalue weighted by atomic mass is 10.2. The number of nitrogens with zero attached hydrogens (tertiary/aromatic N) is 1. The average Bonchev–Trinajstić information content (AvgIpc) is 2.96. The van der Waals surface area contributed by atoms with E-state index in [1.54, 1.807) is 17.6 Å². The van der Waals surface area contributed by atoms with E-state index < -0.39 is 0 Å². The Morgan fingerprint density at radius 2 is 2.15 bits per heavy atom. The van der Waals surface area contributed by atoms with Gasteiger partial charge in [-0.3, -0.25) is 4.79 Å². The summed E-state index contributed by atoms with van der Waals surface area (Å²) in [4.78, 5) is 17.6. The third-order valence-corrected chi connectivity index (χ3v) is 3.47. The van der Waals surface area contributed by atoms with Gasteiger partial charge in [-0.2, -0.15) is 0 Å². The molecule has 1 amide bonds. The molecule has 1 heterocycles. The molecule has 1 N–H and O–H groups in total. The van der Waals surface area contributed by atoms with Gasteiger partial charge in [-0.05, 0) is 23.9 Å². The molecule has 0 aliphatic carbocycles. The minimum Gasteiger partial charge on any atom is -0.386 e. The number of oxime groups is 1. The molecule has 0 saturated carbocycles. The summed E-state index contributed by atoms with van der Waals surface area (Å²) >= 11 is 1.61. The zero-order valence-electron chi connectivity index (χ0n) is 11.2. The van der Waals surface area contributed by atoms with Crippen LogP contribution in [-0.2, 0) is 16.2 Å². The molecule has 0 aliphatic heterocycles. The van der Waals surface area contributed by atoms with Gasteiger partial charge < -0.3 is 10.2 Å². The second-order valence-electron chi connectivity index (χ2n) is 4.27. The SMILES string of the molecule is Cc1ccc(/C=N\OCC(=O)NCc2cccs2)cc1. The number of carbonyl (C=O) groups is 1. The molecule has 104 valence electrons. The van der Waals surface area contributed by atoms with Crippen molar-refractivity contribution in [3.8, 4) is 0 Å². The molecule has 0 fully saturated rings. The van der Waals surface area contributed by atoms with Crippen LogP contribution in [0, 0.1) is 6.92 Å². The van der Waals surface area contributed by atoms with Crippen molar-refractivity contribution in [2.24, 2.45) is 5.16 Å². The minimum atomic E-state index is -0.181. The van der Waals surface area contributed by atoms with Crippen molar-refractivity contribution in [2.45, 2.75) is 13.5 Å². The number of nitrogens with one attached hydrogen (secondary N) is 1. The zero-order valence-corrected chi connectivity index (χ0v) is 12.0. The maximum absolute atomic E-state index is 11.5. The lowest BCUT2D eigenvalue weighted by molar-refractivity contribution is -0.125. The highest BCUT2D eigenvalue weighted by Gasteiger charge is 2.01. The molecule has 20 heavy (non-hydrogen) atoms. The van der Waals surface area contributed by atoms with Crippen LogP contribution in [0.1, 0.15) is 16.0 Å². The fourth-order valence-electron chi connectivity index (χ4n) is 1.50. The first-order valence-corrected chi connectivity index (χ1v) is 7.13. The highest BCUT2D eigenvalue weighted by molar-refractivity contribution is 7.09. The Morgan fingerprint density at radius 1 is 1.35 bits per heavy atom. The maximum atomic E-state index is 11.5. The average molecular weight is 288 g/mol. The van der Waals surface area contributed by atoms with E-state index in [4.69, 9.17) is 4.84 Å². The molecule has 2 rings (SSSR count). The van der Waals surface area contributed by atoms with Crippen molar-refractivity contribution in [1.82, 2.24) is 5.32 Å². The van der Waals surface area contributed by atoms with E-state index in [1.807, 2.05) is 48.7 Å². The molecule has 0 spiro atoms.